The molecular formula is C23H17ClN2O3S. The second kappa shape index (κ2) is 8.73. The minimum absolute atomic E-state index is 0.165. The monoisotopic (exact) mass is 436 g/mol. The van der Waals surface area contributed by atoms with Crippen LogP contribution in [0.25, 0.3) is 0 Å². The fraction of sp³-hybridized carbons (Fsp3) is 0.0870. The van der Waals surface area contributed by atoms with E-state index in [1.54, 1.807) is 48.5 Å². The summed E-state index contributed by atoms with van der Waals surface area (Å²) in [7, 11) is 0. The number of amides is 3. The molecule has 4 rings (SSSR count). The van der Waals surface area contributed by atoms with Gasteiger partial charge in [0.2, 0.25) is 5.91 Å². The van der Waals surface area contributed by atoms with Crippen LogP contribution in [0.2, 0.25) is 5.02 Å². The van der Waals surface area contributed by atoms with E-state index in [2.05, 4.69) is 5.32 Å². The highest BCUT2D eigenvalue weighted by atomic mass is 35.5. The molecule has 5 nitrogen and oxygen atoms in total. The van der Waals surface area contributed by atoms with Crippen molar-refractivity contribution in [2.24, 2.45) is 0 Å². The van der Waals surface area contributed by atoms with Crippen LogP contribution >= 0.6 is 23.4 Å². The molecule has 0 atom stereocenters. The highest BCUT2D eigenvalue weighted by Gasteiger charge is 2.36. The van der Waals surface area contributed by atoms with Gasteiger partial charge >= 0.3 is 0 Å². The lowest BCUT2D eigenvalue weighted by Gasteiger charge is -2.15. The predicted molar refractivity (Wildman–Crippen MR) is 120 cm³/mol. The minimum atomic E-state index is -0.365. The Bertz CT molecular complexity index is 1110. The summed E-state index contributed by atoms with van der Waals surface area (Å²) in [6.45, 7) is 0. The van der Waals surface area contributed by atoms with Crippen molar-refractivity contribution in [3.05, 3.63) is 94.5 Å². The molecule has 0 radical (unpaired) electrons. The molecule has 7 heteroatoms. The number of rotatable bonds is 6. The number of anilines is 2. The zero-order valence-corrected chi connectivity index (χ0v) is 17.4. The number of carbonyl (C=O) groups excluding carboxylic acids is 3. The number of halogens is 1. The number of thioether (sulfide) groups is 1. The fourth-order valence-electron chi connectivity index (χ4n) is 3.23. The van der Waals surface area contributed by atoms with Crippen LogP contribution in [-0.4, -0.2) is 23.5 Å². The van der Waals surface area contributed by atoms with Crippen molar-refractivity contribution in [2.75, 3.05) is 16.0 Å². The van der Waals surface area contributed by atoms with Crippen molar-refractivity contribution in [1.29, 1.82) is 0 Å². The van der Waals surface area contributed by atoms with E-state index in [1.807, 2.05) is 24.3 Å². The first-order valence-corrected chi connectivity index (χ1v) is 10.8. The molecule has 0 fully saturated rings. The second-order valence-corrected chi connectivity index (χ2v) is 8.13. The fourth-order valence-corrected chi connectivity index (χ4v) is 4.22. The number of nitrogens with zero attached hydrogens (tertiary/aromatic N) is 1. The van der Waals surface area contributed by atoms with E-state index in [9.17, 15) is 14.4 Å². The smallest absolute Gasteiger partial charge is 0.266 e. The van der Waals surface area contributed by atoms with E-state index >= 15 is 0 Å². The summed E-state index contributed by atoms with van der Waals surface area (Å²) >= 11 is 7.45. The Morgan fingerprint density at radius 2 is 1.60 bits per heavy atom. The highest BCUT2D eigenvalue weighted by molar-refractivity contribution is 7.99. The summed E-state index contributed by atoms with van der Waals surface area (Å²) in [4.78, 5) is 38.7. The van der Waals surface area contributed by atoms with Gasteiger partial charge in [-0.25, -0.2) is 4.90 Å². The van der Waals surface area contributed by atoms with Gasteiger partial charge in [-0.2, -0.15) is 0 Å². The van der Waals surface area contributed by atoms with Crippen LogP contribution in [0.5, 0.6) is 0 Å². The van der Waals surface area contributed by atoms with E-state index in [4.69, 9.17) is 11.6 Å². The molecule has 0 spiro atoms. The largest absolute Gasteiger partial charge is 0.325 e. The van der Waals surface area contributed by atoms with Gasteiger partial charge in [0, 0.05) is 16.5 Å². The van der Waals surface area contributed by atoms with Crippen LogP contribution in [0.1, 0.15) is 26.3 Å². The lowest BCUT2D eigenvalue weighted by atomic mass is 10.1. The Morgan fingerprint density at radius 1 is 0.900 bits per heavy atom. The number of benzene rings is 3. The maximum Gasteiger partial charge on any atom is 0.266 e. The SMILES string of the molecule is O=C(CSCc1cccc(Cl)c1)Nc1cccc(N2C(=O)c3ccccc3C2=O)c1. The van der Waals surface area contributed by atoms with Crippen LogP contribution in [0.15, 0.2) is 72.8 Å². The van der Waals surface area contributed by atoms with Crippen molar-refractivity contribution in [1.82, 2.24) is 0 Å². The van der Waals surface area contributed by atoms with E-state index < -0.39 is 0 Å². The molecule has 150 valence electrons. The Labute approximate surface area is 183 Å². The first-order valence-electron chi connectivity index (χ1n) is 9.23. The summed E-state index contributed by atoms with van der Waals surface area (Å²) in [6, 6.07) is 21.0. The molecule has 0 aromatic heterocycles. The molecule has 0 aliphatic carbocycles. The molecule has 0 unspecified atom stereocenters. The van der Waals surface area contributed by atoms with Crippen molar-refractivity contribution in [3.8, 4) is 0 Å². The lowest BCUT2D eigenvalue weighted by Crippen LogP contribution is -2.29. The Kier molecular flexibility index (Phi) is 5.88. The summed E-state index contributed by atoms with van der Waals surface area (Å²) in [6.07, 6.45) is 0. The number of hydrogen-bond donors (Lipinski definition) is 1. The van der Waals surface area contributed by atoms with E-state index in [0.29, 0.717) is 33.3 Å². The molecule has 3 aromatic carbocycles. The van der Waals surface area contributed by atoms with Crippen molar-refractivity contribution in [3.63, 3.8) is 0 Å². The maximum atomic E-state index is 12.6. The summed E-state index contributed by atoms with van der Waals surface area (Å²) in [5.74, 6) is 0.0427. The van der Waals surface area contributed by atoms with Gasteiger partial charge in [0.1, 0.15) is 0 Å². The van der Waals surface area contributed by atoms with Crippen LogP contribution in [0, 0.1) is 0 Å². The number of hydrogen-bond acceptors (Lipinski definition) is 4. The van der Waals surface area contributed by atoms with Crippen LogP contribution in [0.4, 0.5) is 11.4 Å². The number of imide groups is 1. The Morgan fingerprint density at radius 3 is 2.30 bits per heavy atom. The molecule has 0 saturated carbocycles. The lowest BCUT2D eigenvalue weighted by molar-refractivity contribution is -0.113. The minimum Gasteiger partial charge on any atom is -0.325 e. The standard InChI is InChI=1S/C23H17ClN2O3S/c24-16-6-3-5-15(11-16)13-30-14-21(27)25-17-7-4-8-18(12-17)26-22(28)19-9-1-2-10-20(19)23(26)29/h1-12H,13-14H2,(H,25,27). The first kappa shape index (κ1) is 20.2. The van der Waals surface area contributed by atoms with Crippen molar-refractivity contribution in [2.45, 2.75) is 5.75 Å². The zero-order chi connectivity index (χ0) is 21.1. The number of nitrogens with one attached hydrogen (secondary N) is 1. The van der Waals surface area contributed by atoms with Crippen molar-refractivity contribution < 1.29 is 14.4 Å². The maximum absolute atomic E-state index is 12.6. The Hall–Kier alpha value is -3.09. The van der Waals surface area contributed by atoms with Gasteiger partial charge in [-0.3, -0.25) is 14.4 Å². The van der Waals surface area contributed by atoms with E-state index in [1.165, 1.54) is 11.8 Å². The molecule has 3 amide bonds. The molecule has 1 heterocycles. The van der Waals surface area contributed by atoms with Gasteiger partial charge in [0.15, 0.2) is 0 Å². The molecule has 0 bridgehead atoms. The summed E-state index contributed by atoms with van der Waals surface area (Å²) < 4.78 is 0. The summed E-state index contributed by atoms with van der Waals surface area (Å²) in [5, 5.41) is 3.49. The second-order valence-electron chi connectivity index (χ2n) is 6.71. The van der Waals surface area contributed by atoms with Crippen LogP contribution in [-0.2, 0) is 10.5 Å². The quantitative estimate of drug-likeness (QED) is 0.551. The van der Waals surface area contributed by atoms with Gasteiger partial charge in [-0.15, -0.1) is 11.8 Å². The van der Waals surface area contributed by atoms with E-state index in [0.717, 1.165) is 10.5 Å². The normalized spacial score (nSPS) is 12.8. The average molecular weight is 437 g/mol. The van der Waals surface area contributed by atoms with Gasteiger partial charge in [0.05, 0.1) is 22.6 Å². The third kappa shape index (κ3) is 4.25. The molecule has 1 aliphatic heterocycles. The van der Waals surface area contributed by atoms with Gasteiger partial charge in [0.25, 0.3) is 11.8 Å². The molecule has 0 saturated heterocycles. The predicted octanol–water partition coefficient (Wildman–Crippen LogP) is 5.01. The van der Waals surface area contributed by atoms with Gasteiger partial charge in [-0.05, 0) is 48.0 Å². The molecule has 3 aromatic rings. The molecule has 1 N–H and O–H groups in total. The van der Waals surface area contributed by atoms with E-state index in [-0.39, 0.29) is 23.5 Å². The Balaban J connectivity index is 1.40. The van der Waals surface area contributed by atoms with Crippen LogP contribution in [0.3, 0.4) is 0 Å². The number of fused-ring (bicyclic) bond motifs is 1. The topological polar surface area (TPSA) is 66.5 Å². The van der Waals surface area contributed by atoms with Gasteiger partial charge < -0.3 is 5.32 Å². The number of carbonyl (C=O) groups is 3. The van der Waals surface area contributed by atoms with Crippen molar-refractivity contribution >= 4 is 52.5 Å². The first-order chi connectivity index (χ1) is 14.5. The summed E-state index contributed by atoms with van der Waals surface area (Å²) in [5.41, 5.74) is 2.76. The van der Waals surface area contributed by atoms with Crippen LogP contribution < -0.4 is 10.2 Å². The van der Waals surface area contributed by atoms with Gasteiger partial charge in [-0.1, -0.05) is 41.9 Å². The third-order valence-electron chi connectivity index (χ3n) is 4.57. The molecule has 30 heavy (non-hydrogen) atoms. The zero-order valence-electron chi connectivity index (χ0n) is 15.8. The molecular weight excluding hydrogens is 420 g/mol. The third-order valence-corrected chi connectivity index (χ3v) is 5.81. The molecule has 1 aliphatic rings. The highest BCUT2D eigenvalue weighted by Crippen LogP contribution is 2.29. The average Bonchev–Trinajstić information content (AvgIpc) is 2.99.